The van der Waals surface area contributed by atoms with Crippen LogP contribution in [0.25, 0.3) is 6.08 Å². The Hall–Kier alpha value is -0.380. The van der Waals surface area contributed by atoms with E-state index in [1.165, 1.54) is 17.6 Å². The third kappa shape index (κ3) is 2.41. The number of hydrogen-bond donors (Lipinski definition) is 0. The molecule has 0 amide bonds. The maximum Gasteiger partial charge on any atom is 0.137 e. The Morgan fingerprint density at radius 3 is 2.87 bits per heavy atom. The second kappa shape index (κ2) is 4.64. The summed E-state index contributed by atoms with van der Waals surface area (Å²) in [4.78, 5) is 0. The van der Waals surface area contributed by atoms with Gasteiger partial charge in [-0.15, -0.1) is 0 Å². The smallest absolute Gasteiger partial charge is 0.137 e. The minimum absolute atomic E-state index is 0.0941. The van der Waals surface area contributed by atoms with E-state index in [-0.39, 0.29) is 5.82 Å². The largest absolute Gasteiger partial charge is 0.206 e. The van der Waals surface area contributed by atoms with Crippen LogP contribution in [0.4, 0.5) is 4.39 Å². The van der Waals surface area contributed by atoms with Gasteiger partial charge in [-0.25, -0.2) is 4.39 Å². The van der Waals surface area contributed by atoms with Crippen molar-refractivity contribution in [1.82, 2.24) is 0 Å². The zero-order valence-corrected chi connectivity index (χ0v) is 11.0. The third-order valence-electron chi connectivity index (χ3n) is 2.83. The van der Waals surface area contributed by atoms with Crippen molar-refractivity contribution in [3.05, 3.63) is 38.2 Å². The van der Waals surface area contributed by atoms with Crippen LogP contribution in [-0.4, -0.2) is 0 Å². The van der Waals surface area contributed by atoms with Gasteiger partial charge in [0.25, 0.3) is 0 Å². The molecule has 2 rings (SSSR count). The molecule has 0 N–H and O–H groups in total. The van der Waals surface area contributed by atoms with Crippen LogP contribution < -0.4 is 0 Å². The van der Waals surface area contributed by atoms with Crippen LogP contribution in [0.5, 0.6) is 0 Å². The van der Waals surface area contributed by atoms with Gasteiger partial charge in [-0.2, -0.15) is 0 Å². The van der Waals surface area contributed by atoms with E-state index >= 15 is 0 Å². The molecule has 0 heterocycles. The van der Waals surface area contributed by atoms with Gasteiger partial charge in [0.15, 0.2) is 0 Å². The normalized spacial score (nSPS) is 14.7. The number of fused-ring (bicyclic) bond motifs is 1. The van der Waals surface area contributed by atoms with Crippen molar-refractivity contribution in [2.75, 3.05) is 0 Å². The Labute approximate surface area is 104 Å². The minimum atomic E-state index is -0.0941. The fourth-order valence-electron chi connectivity index (χ4n) is 2.06. The van der Waals surface area contributed by atoms with Crippen molar-refractivity contribution in [2.45, 2.75) is 32.6 Å². The van der Waals surface area contributed by atoms with Crippen molar-refractivity contribution >= 4 is 28.7 Å². The first-order chi connectivity index (χ1) is 7.20. The topological polar surface area (TPSA) is 0 Å². The lowest BCUT2D eigenvalue weighted by Gasteiger charge is -2.16. The van der Waals surface area contributed by atoms with Crippen molar-refractivity contribution < 1.29 is 4.39 Å². The molecule has 0 aliphatic heterocycles. The van der Waals surface area contributed by atoms with E-state index in [0.29, 0.717) is 0 Å². The van der Waals surface area contributed by atoms with Crippen LogP contribution in [0.3, 0.4) is 0 Å². The Morgan fingerprint density at radius 1 is 1.33 bits per heavy atom. The van der Waals surface area contributed by atoms with Crippen LogP contribution in [0.1, 0.15) is 37.3 Å². The summed E-state index contributed by atoms with van der Waals surface area (Å²) in [6.07, 6.45) is 6.70. The van der Waals surface area contributed by atoms with E-state index in [1.807, 2.05) is 6.07 Å². The molecule has 0 saturated carbocycles. The first kappa shape index (κ1) is 11.1. The van der Waals surface area contributed by atoms with E-state index in [2.05, 4.69) is 35.6 Å². The minimum Gasteiger partial charge on any atom is -0.206 e. The number of rotatable bonds is 2. The fraction of sp³-hybridized carbons (Fsp3) is 0.385. The van der Waals surface area contributed by atoms with E-state index in [1.54, 1.807) is 6.07 Å². The van der Waals surface area contributed by atoms with E-state index < -0.39 is 0 Å². The molecule has 0 bridgehead atoms. The second-order valence-corrected chi connectivity index (χ2v) is 5.18. The Kier molecular flexibility index (Phi) is 3.44. The molecule has 15 heavy (non-hydrogen) atoms. The van der Waals surface area contributed by atoms with Crippen LogP contribution in [0.15, 0.2) is 17.7 Å². The first-order valence-electron chi connectivity index (χ1n) is 5.38. The monoisotopic (exact) mass is 316 g/mol. The standard InChI is InChI=1S/C13H14FI/c1-2-3-9-4-5-10-8-13(15)12(14)7-11(10)6-9/h6-8H,2-5H2,1H3. The maximum absolute atomic E-state index is 13.4. The Morgan fingerprint density at radius 2 is 2.13 bits per heavy atom. The quantitative estimate of drug-likeness (QED) is 0.702. The number of hydrogen-bond acceptors (Lipinski definition) is 0. The molecular weight excluding hydrogens is 302 g/mol. The molecular formula is C13H14FI. The van der Waals surface area contributed by atoms with Crippen LogP contribution in [-0.2, 0) is 6.42 Å². The van der Waals surface area contributed by atoms with Gasteiger partial charge in [-0.1, -0.05) is 25.0 Å². The molecule has 1 aromatic rings. The molecule has 1 aromatic carbocycles. The molecule has 0 aromatic heterocycles. The molecule has 0 saturated heterocycles. The van der Waals surface area contributed by atoms with Crippen LogP contribution >= 0.6 is 22.6 Å². The highest BCUT2D eigenvalue weighted by molar-refractivity contribution is 14.1. The Balaban J connectivity index is 2.37. The highest BCUT2D eigenvalue weighted by Crippen LogP contribution is 2.28. The van der Waals surface area contributed by atoms with Crippen molar-refractivity contribution in [1.29, 1.82) is 0 Å². The number of halogens is 2. The van der Waals surface area contributed by atoms with Gasteiger partial charge in [-0.3, -0.25) is 0 Å². The van der Waals surface area contributed by atoms with Gasteiger partial charge < -0.3 is 0 Å². The van der Waals surface area contributed by atoms with E-state index in [9.17, 15) is 4.39 Å². The summed E-state index contributed by atoms with van der Waals surface area (Å²) in [6.45, 7) is 2.19. The van der Waals surface area contributed by atoms with E-state index in [0.717, 1.165) is 28.4 Å². The molecule has 1 aliphatic carbocycles. The number of aryl methyl sites for hydroxylation is 1. The first-order valence-corrected chi connectivity index (χ1v) is 6.46. The molecule has 0 fully saturated rings. The molecule has 0 unspecified atom stereocenters. The SMILES string of the molecule is CCCC1=Cc2cc(F)c(I)cc2CC1. The van der Waals surface area contributed by atoms with E-state index in [4.69, 9.17) is 0 Å². The molecule has 80 valence electrons. The van der Waals surface area contributed by atoms with Gasteiger partial charge >= 0.3 is 0 Å². The molecule has 1 aliphatic rings. The average molecular weight is 316 g/mol. The second-order valence-electron chi connectivity index (χ2n) is 4.02. The van der Waals surface area contributed by atoms with Gasteiger partial charge in [0.2, 0.25) is 0 Å². The molecule has 0 nitrogen and oxygen atoms in total. The number of benzene rings is 1. The average Bonchev–Trinajstić information content (AvgIpc) is 2.21. The summed E-state index contributed by atoms with van der Waals surface area (Å²) in [7, 11) is 0. The Bertz CT molecular complexity index is 407. The van der Waals surface area contributed by atoms with Gasteiger partial charge in [0.05, 0.1) is 0 Å². The van der Waals surface area contributed by atoms with Crippen molar-refractivity contribution in [2.24, 2.45) is 0 Å². The third-order valence-corrected chi connectivity index (χ3v) is 3.65. The lowest BCUT2D eigenvalue weighted by Crippen LogP contribution is -2.01. The van der Waals surface area contributed by atoms with Crippen molar-refractivity contribution in [3.8, 4) is 0 Å². The van der Waals surface area contributed by atoms with Crippen LogP contribution in [0.2, 0.25) is 0 Å². The maximum atomic E-state index is 13.4. The van der Waals surface area contributed by atoms with Crippen LogP contribution in [0, 0.1) is 9.39 Å². The summed E-state index contributed by atoms with van der Waals surface area (Å²) >= 11 is 2.06. The van der Waals surface area contributed by atoms with Crippen molar-refractivity contribution in [3.63, 3.8) is 0 Å². The zero-order valence-electron chi connectivity index (χ0n) is 8.82. The van der Waals surface area contributed by atoms with Gasteiger partial charge in [0.1, 0.15) is 5.82 Å². The molecule has 0 atom stereocenters. The summed E-state index contributed by atoms with van der Waals surface area (Å²) < 4.78 is 14.1. The summed E-state index contributed by atoms with van der Waals surface area (Å²) in [5.74, 6) is -0.0941. The van der Waals surface area contributed by atoms with Gasteiger partial charge in [0, 0.05) is 3.57 Å². The predicted octanol–water partition coefficient (Wildman–Crippen LogP) is 4.56. The summed E-state index contributed by atoms with van der Waals surface area (Å²) in [6, 6.07) is 3.65. The predicted molar refractivity (Wildman–Crippen MR) is 70.3 cm³/mol. The molecule has 0 spiro atoms. The highest BCUT2D eigenvalue weighted by Gasteiger charge is 2.12. The molecule has 0 radical (unpaired) electrons. The fourth-order valence-corrected chi connectivity index (χ4v) is 2.59. The highest BCUT2D eigenvalue weighted by atomic mass is 127. The zero-order chi connectivity index (χ0) is 10.8. The van der Waals surface area contributed by atoms with Gasteiger partial charge in [-0.05, 0) is 65.1 Å². The lowest BCUT2D eigenvalue weighted by atomic mass is 9.90. The summed E-state index contributed by atoms with van der Waals surface area (Å²) in [5.41, 5.74) is 3.84. The summed E-state index contributed by atoms with van der Waals surface area (Å²) in [5, 5.41) is 0. The number of allylic oxidation sites excluding steroid dienone is 1. The lowest BCUT2D eigenvalue weighted by molar-refractivity contribution is 0.618. The molecule has 2 heteroatoms.